The average molecular weight is 279 g/mol. The molecule has 3 rings (SSSR count). The fourth-order valence-corrected chi connectivity index (χ4v) is 2.53. The number of ether oxygens (including phenoxy) is 1. The van der Waals surface area contributed by atoms with Crippen molar-refractivity contribution in [1.29, 1.82) is 0 Å². The summed E-state index contributed by atoms with van der Waals surface area (Å²) in [6.45, 7) is 0.425. The van der Waals surface area contributed by atoms with E-state index in [1.165, 1.54) is 0 Å². The van der Waals surface area contributed by atoms with E-state index in [2.05, 4.69) is 0 Å². The second kappa shape index (κ2) is 5.28. The highest BCUT2D eigenvalue weighted by Crippen LogP contribution is 2.31. The Morgan fingerprint density at radius 3 is 2.55 bits per heavy atom. The molecule has 2 aliphatic rings. The van der Waals surface area contributed by atoms with Crippen molar-refractivity contribution in [2.75, 3.05) is 0 Å². The highest BCUT2D eigenvalue weighted by Gasteiger charge is 2.41. The Balaban J connectivity index is 1.65. The van der Waals surface area contributed by atoms with Crippen LogP contribution in [-0.2, 0) is 20.9 Å². The van der Waals surface area contributed by atoms with E-state index in [0.29, 0.717) is 19.4 Å². The van der Waals surface area contributed by atoms with Crippen molar-refractivity contribution in [3.8, 4) is 0 Å². The van der Waals surface area contributed by atoms with E-state index in [-0.39, 0.29) is 11.9 Å². The summed E-state index contributed by atoms with van der Waals surface area (Å²) in [5.74, 6) is -0.380. The topological polar surface area (TPSA) is 80.0 Å². The minimum Gasteiger partial charge on any atom is -0.479 e. The third-order valence-corrected chi connectivity index (χ3v) is 3.75. The predicted octanol–water partition coefficient (Wildman–Crippen LogP) is 1.40. The second-order valence-corrected chi connectivity index (χ2v) is 5.31. The number of carboxylic acid groups (broad SMARTS) is 1. The van der Waals surface area contributed by atoms with E-state index in [0.717, 1.165) is 18.6 Å². The molecule has 108 valence electrons. The minimum absolute atomic E-state index is 0.118. The number of nitrogens with zero attached hydrogens (tertiary/aromatic N) is 1. The van der Waals surface area contributed by atoms with Gasteiger partial charge in [-0.2, -0.15) is 0 Å². The van der Waals surface area contributed by atoms with E-state index in [1.54, 1.807) is 17.2 Å². The van der Waals surface area contributed by atoms with Gasteiger partial charge in [0, 0.05) is 6.04 Å². The Hall–Kier alpha value is -1.82. The van der Waals surface area contributed by atoms with Crippen LogP contribution in [0.5, 0.6) is 0 Å². The van der Waals surface area contributed by atoms with Gasteiger partial charge in [-0.1, -0.05) is 0 Å². The number of carbonyl (C=O) groups is 2. The number of aliphatic carboxylic acids is 1. The lowest BCUT2D eigenvalue weighted by Crippen LogP contribution is -2.40. The van der Waals surface area contributed by atoms with Crippen LogP contribution in [0.15, 0.2) is 22.8 Å². The first kappa shape index (κ1) is 13.2. The van der Waals surface area contributed by atoms with Crippen molar-refractivity contribution in [3.63, 3.8) is 0 Å². The molecular formula is C14H17NO5. The molecule has 2 heterocycles. The molecule has 0 bridgehead atoms. The van der Waals surface area contributed by atoms with E-state index in [9.17, 15) is 9.59 Å². The van der Waals surface area contributed by atoms with Crippen LogP contribution in [0.4, 0.5) is 0 Å². The quantitative estimate of drug-likeness (QED) is 0.881. The summed E-state index contributed by atoms with van der Waals surface area (Å²) < 4.78 is 10.6. The molecule has 6 nitrogen and oxygen atoms in total. The largest absolute Gasteiger partial charge is 0.479 e. The maximum Gasteiger partial charge on any atom is 0.332 e. The van der Waals surface area contributed by atoms with Crippen LogP contribution in [0.1, 0.15) is 31.4 Å². The van der Waals surface area contributed by atoms with Gasteiger partial charge in [0.15, 0.2) is 6.10 Å². The van der Waals surface area contributed by atoms with Crippen molar-refractivity contribution in [1.82, 2.24) is 4.90 Å². The van der Waals surface area contributed by atoms with Gasteiger partial charge >= 0.3 is 5.97 Å². The summed E-state index contributed by atoms with van der Waals surface area (Å²) >= 11 is 0. The Morgan fingerprint density at radius 2 is 2.00 bits per heavy atom. The Bertz CT molecular complexity index is 494. The molecule has 1 saturated heterocycles. The van der Waals surface area contributed by atoms with Gasteiger partial charge in [0.05, 0.1) is 12.8 Å². The highest BCUT2D eigenvalue weighted by atomic mass is 16.5. The number of carboxylic acids is 1. The number of carbonyl (C=O) groups excluding carboxylic acids is 1. The number of hydrogen-bond acceptors (Lipinski definition) is 4. The van der Waals surface area contributed by atoms with Crippen molar-refractivity contribution in [3.05, 3.63) is 24.2 Å². The summed E-state index contributed by atoms with van der Waals surface area (Å²) in [6, 6.07) is 3.86. The minimum atomic E-state index is -0.996. The molecule has 1 aromatic rings. The summed E-state index contributed by atoms with van der Waals surface area (Å²) in [5.41, 5.74) is 0. The van der Waals surface area contributed by atoms with Crippen molar-refractivity contribution in [2.24, 2.45) is 0 Å². The molecule has 20 heavy (non-hydrogen) atoms. The Kier molecular flexibility index (Phi) is 3.48. The first-order valence-corrected chi connectivity index (χ1v) is 6.86. The average Bonchev–Trinajstić information content (AvgIpc) is 2.95. The van der Waals surface area contributed by atoms with E-state index < -0.39 is 18.2 Å². The van der Waals surface area contributed by atoms with E-state index in [1.807, 2.05) is 6.07 Å². The highest BCUT2D eigenvalue weighted by molar-refractivity contribution is 5.83. The third-order valence-electron chi connectivity index (χ3n) is 3.75. The number of furan rings is 1. The maximum absolute atomic E-state index is 12.5. The molecule has 1 aliphatic heterocycles. The Morgan fingerprint density at radius 1 is 1.25 bits per heavy atom. The third kappa shape index (κ3) is 2.70. The molecule has 0 unspecified atom stereocenters. The van der Waals surface area contributed by atoms with Crippen LogP contribution in [0, 0.1) is 0 Å². The zero-order valence-electron chi connectivity index (χ0n) is 11.0. The lowest BCUT2D eigenvalue weighted by molar-refractivity contribution is -0.155. The first-order chi connectivity index (χ1) is 9.65. The van der Waals surface area contributed by atoms with Crippen molar-refractivity contribution >= 4 is 11.9 Å². The SMILES string of the molecule is O=C(O)[C@H]1CC[C@@H](C(=O)N(Cc2ccco2)C2CC2)O1. The summed E-state index contributed by atoms with van der Waals surface area (Å²) in [5, 5.41) is 8.92. The van der Waals surface area contributed by atoms with Crippen LogP contribution in [-0.4, -0.2) is 40.1 Å². The molecule has 0 spiro atoms. The molecule has 0 aromatic carbocycles. The van der Waals surface area contributed by atoms with Crippen LogP contribution in [0.3, 0.4) is 0 Å². The van der Waals surface area contributed by atoms with Crippen LogP contribution in [0.25, 0.3) is 0 Å². The fourth-order valence-electron chi connectivity index (χ4n) is 2.53. The molecule has 1 saturated carbocycles. The van der Waals surface area contributed by atoms with Gasteiger partial charge in [-0.3, -0.25) is 4.79 Å². The van der Waals surface area contributed by atoms with Gasteiger partial charge in [0.25, 0.3) is 5.91 Å². The lowest BCUT2D eigenvalue weighted by Gasteiger charge is -2.24. The van der Waals surface area contributed by atoms with E-state index in [4.69, 9.17) is 14.3 Å². The Labute approximate surface area is 116 Å². The lowest BCUT2D eigenvalue weighted by atomic mass is 10.1. The van der Waals surface area contributed by atoms with Gasteiger partial charge in [0.1, 0.15) is 11.9 Å². The van der Waals surface area contributed by atoms with Crippen LogP contribution >= 0.6 is 0 Å². The molecule has 2 fully saturated rings. The summed E-state index contributed by atoms with van der Waals surface area (Å²) in [6.07, 6.45) is 2.93. The molecule has 1 aliphatic carbocycles. The van der Waals surface area contributed by atoms with Crippen molar-refractivity contribution in [2.45, 2.75) is 50.5 Å². The summed E-state index contributed by atoms with van der Waals surface area (Å²) in [7, 11) is 0. The predicted molar refractivity (Wildman–Crippen MR) is 67.8 cm³/mol. The molecule has 2 atom stereocenters. The first-order valence-electron chi connectivity index (χ1n) is 6.86. The standard InChI is InChI=1S/C14H17NO5/c16-13(11-5-6-12(20-11)14(17)18)15(9-3-4-9)8-10-2-1-7-19-10/h1-2,7,9,11-12H,3-6,8H2,(H,17,18)/t11-,12+/m0/s1. The molecule has 6 heteroatoms. The molecule has 0 radical (unpaired) electrons. The van der Waals surface area contributed by atoms with Crippen molar-refractivity contribution < 1.29 is 23.8 Å². The zero-order valence-corrected chi connectivity index (χ0v) is 11.0. The second-order valence-electron chi connectivity index (χ2n) is 5.31. The van der Waals surface area contributed by atoms with Gasteiger partial charge in [-0.15, -0.1) is 0 Å². The van der Waals surface area contributed by atoms with Gasteiger partial charge in [0.2, 0.25) is 0 Å². The number of amides is 1. The zero-order chi connectivity index (χ0) is 14.1. The van der Waals surface area contributed by atoms with Crippen LogP contribution in [0.2, 0.25) is 0 Å². The van der Waals surface area contributed by atoms with Gasteiger partial charge in [-0.25, -0.2) is 4.79 Å². The maximum atomic E-state index is 12.5. The monoisotopic (exact) mass is 279 g/mol. The fraction of sp³-hybridized carbons (Fsp3) is 0.571. The van der Waals surface area contributed by atoms with Gasteiger partial charge in [-0.05, 0) is 37.8 Å². The normalized spacial score (nSPS) is 25.6. The molecular weight excluding hydrogens is 262 g/mol. The van der Waals surface area contributed by atoms with Crippen LogP contribution < -0.4 is 0 Å². The number of hydrogen-bond donors (Lipinski definition) is 1. The molecule has 1 aromatic heterocycles. The van der Waals surface area contributed by atoms with E-state index >= 15 is 0 Å². The smallest absolute Gasteiger partial charge is 0.332 e. The number of rotatable bonds is 5. The molecule has 1 amide bonds. The summed E-state index contributed by atoms with van der Waals surface area (Å²) in [4.78, 5) is 25.1. The van der Waals surface area contributed by atoms with Gasteiger partial charge < -0.3 is 19.2 Å². The molecule has 1 N–H and O–H groups in total.